The molecule has 2 N–H and O–H groups in total. The van der Waals surface area contributed by atoms with Crippen LogP contribution < -0.4 is 20.1 Å². The summed E-state index contributed by atoms with van der Waals surface area (Å²) in [6.45, 7) is 1.59. The first-order valence-corrected chi connectivity index (χ1v) is 7.70. The minimum Gasteiger partial charge on any atom is -0.454 e. The highest BCUT2D eigenvalue weighted by Gasteiger charge is 2.13. The number of guanidine groups is 1. The van der Waals surface area contributed by atoms with Crippen LogP contribution in [0.3, 0.4) is 0 Å². The fourth-order valence-corrected chi connectivity index (χ4v) is 2.50. The summed E-state index contributed by atoms with van der Waals surface area (Å²) in [5, 5.41) is 7.26. The van der Waals surface area contributed by atoms with Gasteiger partial charge in [0, 0.05) is 25.2 Å². The molecule has 1 heterocycles. The van der Waals surface area contributed by atoms with Crippen LogP contribution in [0.5, 0.6) is 11.5 Å². The van der Waals surface area contributed by atoms with Crippen LogP contribution in [0.25, 0.3) is 0 Å². The lowest BCUT2D eigenvalue weighted by molar-refractivity contribution is 0.174. The van der Waals surface area contributed by atoms with Crippen LogP contribution in [0, 0.1) is 0 Å². The molecule has 2 aromatic carbocycles. The van der Waals surface area contributed by atoms with Crippen molar-refractivity contribution in [2.45, 2.75) is 13.1 Å². The lowest BCUT2D eigenvalue weighted by Gasteiger charge is -2.12. The molecular weight excluding hydrogens is 441 g/mol. The highest BCUT2D eigenvalue weighted by Crippen LogP contribution is 2.32. The predicted octanol–water partition coefficient (Wildman–Crippen LogP) is 3.55. The van der Waals surface area contributed by atoms with Crippen LogP contribution >= 0.6 is 35.6 Å². The summed E-state index contributed by atoms with van der Waals surface area (Å²) in [5.74, 6) is 2.30. The van der Waals surface area contributed by atoms with Gasteiger partial charge >= 0.3 is 0 Å². The topological polar surface area (TPSA) is 54.9 Å². The Balaban J connectivity index is 0.00000208. The minimum absolute atomic E-state index is 0. The van der Waals surface area contributed by atoms with Gasteiger partial charge in [-0.2, -0.15) is 0 Å². The molecule has 0 saturated heterocycles. The second kappa shape index (κ2) is 8.98. The normalized spacial score (nSPS) is 12.5. The van der Waals surface area contributed by atoms with Crippen LogP contribution in [0.4, 0.5) is 0 Å². The van der Waals surface area contributed by atoms with Gasteiger partial charge in [-0.15, -0.1) is 24.0 Å². The van der Waals surface area contributed by atoms with Crippen LogP contribution in [0.2, 0.25) is 5.02 Å². The van der Waals surface area contributed by atoms with Gasteiger partial charge in [0.05, 0.1) is 0 Å². The third kappa shape index (κ3) is 4.91. The van der Waals surface area contributed by atoms with E-state index in [1.165, 1.54) is 0 Å². The molecule has 1 aliphatic heterocycles. The highest BCUT2D eigenvalue weighted by molar-refractivity contribution is 14.0. The van der Waals surface area contributed by atoms with Crippen molar-refractivity contribution in [1.29, 1.82) is 0 Å². The molecule has 0 amide bonds. The van der Waals surface area contributed by atoms with Gasteiger partial charge in [0.2, 0.25) is 6.79 Å². The van der Waals surface area contributed by atoms with Gasteiger partial charge in [-0.05, 0) is 35.4 Å². The number of fused-ring (bicyclic) bond motifs is 1. The summed E-state index contributed by atoms with van der Waals surface area (Å²) in [6, 6.07) is 13.6. The second-order valence-electron chi connectivity index (χ2n) is 5.10. The van der Waals surface area contributed by atoms with Crippen molar-refractivity contribution in [3.63, 3.8) is 0 Å². The number of aliphatic imine (C=N–C) groups is 1. The Morgan fingerprint density at radius 1 is 1.04 bits per heavy atom. The van der Waals surface area contributed by atoms with E-state index in [-0.39, 0.29) is 30.8 Å². The molecule has 0 aliphatic carbocycles. The molecule has 0 aromatic heterocycles. The van der Waals surface area contributed by atoms with Crippen molar-refractivity contribution >= 4 is 41.5 Å². The van der Waals surface area contributed by atoms with Gasteiger partial charge in [-0.25, -0.2) is 0 Å². The Kier molecular flexibility index (Phi) is 6.99. The van der Waals surface area contributed by atoms with E-state index in [2.05, 4.69) is 15.6 Å². The zero-order chi connectivity index (χ0) is 16.1. The van der Waals surface area contributed by atoms with Crippen molar-refractivity contribution in [2.75, 3.05) is 13.8 Å². The van der Waals surface area contributed by atoms with Crippen LogP contribution in [0.1, 0.15) is 11.1 Å². The number of rotatable bonds is 4. The molecule has 0 saturated carbocycles. The third-order valence-corrected chi connectivity index (χ3v) is 3.70. The minimum atomic E-state index is 0. The standard InChI is InChI=1S/C17H18ClN3O2.HI/c1-19-17(20-9-12-3-2-4-14(18)7-12)21-10-13-5-6-15-16(8-13)23-11-22-15;/h2-8H,9-11H2,1H3,(H2,19,20,21);1H. The van der Waals surface area contributed by atoms with Gasteiger partial charge in [-0.1, -0.05) is 29.8 Å². The molecular formula is C17H19ClIN3O2. The zero-order valence-corrected chi connectivity index (χ0v) is 16.3. The van der Waals surface area contributed by atoms with Crippen molar-refractivity contribution in [2.24, 2.45) is 4.99 Å². The quantitative estimate of drug-likeness (QED) is 0.417. The van der Waals surface area contributed by atoms with E-state index in [9.17, 15) is 0 Å². The maximum Gasteiger partial charge on any atom is 0.231 e. The molecule has 0 unspecified atom stereocenters. The van der Waals surface area contributed by atoms with Crippen LogP contribution in [0.15, 0.2) is 47.5 Å². The van der Waals surface area contributed by atoms with Crippen LogP contribution in [-0.4, -0.2) is 19.8 Å². The molecule has 2 aromatic rings. The molecule has 0 spiro atoms. The van der Waals surface area contributed by atoms with Crippen molar-refractivity contribution in [1.82, 2.24) is 10.6 Å². The number of halogens is 2. The first-order chi connectivity index (χ1) is 11.2. The molecule has 0 fully saturated rings. The summed E-state index contributed by atoms with van der Waals surface area (Å²) in [5.41, 5.74) is 2.20. The van der Waals surface area contributed by atoms with Gasteiger partial charge < -0.3 is 20.1 Å². The fourth-order valence-electron chi connectivity index (χ4n) is 2.29. The second-order valence-corrected chi connectivity index (χ2v) is 5.53. The molecule has 128 valence electrons. The van der Waals surface area contributed by atoms with E-state index in [0.29, 0.717) is 13.1 Å². The van der Waals surface area contributed by atoms with Crippen LogP contribution in [-0.2, 0) is 13.1 Å². The van der Waals surface area contributed by atoms with E-state index in [4.69, 9.17) is 21.1 Å². The first-order valence-electron chi connectivity index (χ1n) is 7.32. The fraction of sp³-hybridized carbons (Fsp3) is 0.235. The predicted molar refractivity (Wildman–Crippen MR) is 106 cm³/mol. The molecule has 0 bridgehead atoms. The summed E-state index contributed by atoms with van der Waals surface area (Å²) in [4.78, 5) is 4.22. The lowest BCUT2D eigenvalue weighted by atomic mass is 10.2. The molecule has 24 heavy (non-hydrogen) atoms. The SMILES string of the molecule is CN=C(NCc1cccc(Cl)c1)NCc1ccc2c(c1)OCO2.I. The summed E-state index contributed by atoms with van der Waals surface area (Å²) in [6.07, 6.45) is 0. The molecule has 0 radical (unpaired) electrons. The van der Waals surface area contributed by atoms with Gasteiger partial charge in [-0.3, -0.25) is 4.99 Å². The highest BCUT2D eigenvalue weighted by atomic mass is 127. The smallest absolute Gasteiger partial charge is 0.231 e. The number of nitrogens with one attached hydrogen (secondary N) is 2. The number of nitrogens with zero attached hydrogens (tertiary/aromatic N) is 1. The Morgan fingerprint density at radius 3 is 2.46 bits per heavy atom. The van der Waals surface area contributed by atoms with E-state index < -0.39 is 0 Å². The molecule has 5 nitrogen and oxygen atoms in total. The summed E-state index contributed by atoms with van der Waals surface area (Å²) >= 11 is 5.99. The maximum absolute atomic E-state index is 5.99. The van der Waals surface area contributed by atoms with E-state index in [1.54, 1.807) is 7.05 Å². The number of hydrogen-bond acceptors (Lipinski definition) is 3. The number of ether oxygens (including phenoxy) is 2. The molecule has 0 atom stereocenters. The number of hydrogen-bond donors (Lipinski definition) is 2. The van der Waals surface area contributed by atoms with Crippen molar-refractivity contribution in [3.05, 3.63) is 58.6 Å². The molecule has 7 heteroatoms. The largest absolute Gasteiger partial charge is 0.454 e. The molecule has 3 rings (SSSR count). The van der Waals surface area contributed by atoms with Crippen molar-refractivity contribution in [3.8, 4) is 11.5 Å². The number of benzene rings is 2. The monoisotopic (exact) mass is 459 g/mol. The average molecular weight is 460 g/mol. The third-order valence-electron chi connectivity index (χ3n) is 3.47. The Hall–Kier alpha value is -1.67. The Labute approximate surface area is 163 Å². The van der Waals surface area contributed by atoms with Gasteiger partial charge in [0.15, 0.2) is 17.5 Å². The van der Waals surface area contributed by atoms with E-state index in [0.717, 1.165) is 33.6 Å². The lowest BCUT2D eigenvalue weighted by Crippen LogP contribution is -2.36. The van der Waals surface area contributed by atoms with Gasteiger partial charge in [0.25, 0.3) is 0 Å². The van der Waals surface area contributed by atoms with Crippen molar-refractivity contribution < 1.29 is 9.47 Å². The van der Waals surface area contributed by atoms with E-state index in [1.807, 2.05) is 42.5 Å². The summed E-state index contributed by atoms with van der Waals surface area (Å²) in [7, 11) is 1.74. The maximum atomic E-state index is 5.99. The Morgan fingerprint density at radius 2 is 1.75 bits per heavy atom. The average Bonchev–Trinajstić information content (AvgIpc) is 3.03. The summed E-state index contributed by atoms with van der Waals surface area (Å²) < 4.78 is 10.7. The Bertz CT molecular complexity index is 725. The zero-order valence-electron chi connectivity index (χ0n) is 13.2. The first kappa shape index (κ1) is 18.7. The van der Waals surface area contributed by atoms with Gasteiger partial charge in [0.1, 0.15) is 0 Å². The van der Waals surface area contributed by atoms with E-state index >= 15 is 0 Å². The molecule has 1 aliphatic rings.